The molecule has 0 aliphatic heterocycles. The van der Waals surface area contributed by atoms with Crippen molar-refractivity contribution in [2.75, 3.05) is 0 Å². The standard InChI is InChI=1S/C13H18N2.C2H6/c1-4-9(2)11-6-5-7-12(8-11)13(15)10(3)14;1-2/h5-8,13H,2-4,14-15H2,1H3;1-2H3. The first-order valence-electron chi connectivity index (χ1n) is 6.04. The van der Waals surface area contributed by atoms with Gasteiger partial charge in [-0.25, -0.2) is 0 Å². The lowest BCUT2D eigenvalue weighted by atomic mass is 9.98. The van der Waals surface area contributed by atoms with E-state index in [1.807, 2.05) is 38.1 Å². The average molecular weight is 232 g/mol. The minimum absolute atomic E-state index is 0.297. The van der Waals surface area contributed by atoms with Crippen molar-refractivity contribution in [2.45, 2.75) is 33.2 Å². The van der Waals surface area contributed by atoms with E-state index in [1.54, 1.807) is 0 Å². The van der Waals surface area contributed by atoms with Gasteiger partial charge in [0.1, 0.15) is 0 Å². The van der Waals surface area contributed by atoms with E-state index in [0.29, 0.717) is 5.70 Å². The van der Waals surface area contributed by atoms with Crippen LogP contribution < -0.4 is 11.5 Å². The van der Waals surface area contributed by atoms with E-state index in [1.165, 1.54) is 0 Å². The molecule has 94 valence electrons. The van der Waals surface area contributed by atoms with E-state index >= 15 is 0 Å². The Kier molecular flexibility index (Phi) is 6.99. The van der Waals surface area contributed by atoms with Crippen LogP contribution in [-0.4, -0.2) is 0 Å². The molecule has 0 aliphatic rings. The van der Waals surface area contributed by atoms with Crippen LogP contribution >= 0.6 is 0 Å². The molecule has 0 heterocycles. The number of hydrogen-bond acceptors (Lipinski definition) is 2. The van der Waals surface area contributed by atoms with Gasteiger partial charge >= 0.3 is 0 Å². The minimum atomic E-state index is -0.297. The molecule has 2 heteroatoms. The average Bonchev–Trinajstić information content (AvgIpc) is 2.39. The third-order valence-electron chi connectivity index (χ3n) is 2.48. The maximum atomic E-state index is 5.89. The number of benzene rings is 1. The summed E-state index contributed by atoms with van der Waals surface area (Å²) in [6, 6.07) is 7.67. The molecule has 0 saturated heterocycles. The summed E-state index contributed by atoms with van der Waals surface area (Å²) in [7, 11) is 0. The highest BCUT2D eigenvalue weighted by Crippen LogP contribution is 2.21. The van der Waals surface area contributed by atoms with Gasteiger partial charge in [0.2, 0.25) is 0 Å². The van der Waals surface area contributed by atoms with Gasteiger partial charge in [0, 0.05) is 5.70 Å². The van der Waals surface area contributed by atoms with Crippen LogP contribution in [0.3, 0.4) is 0 Å². The van der Waals surface area contributed by atoms with Crippen molar-refractivity contribution < 1.29 is 0 Å². The fourth-order valence-electron chi connectivity index (χ4n) is 1.37. The van der Waals surface area contributed by atoms with Crippen LogP contribution in [-0.2, 0) is 0 Å². The molecule has 1 atom stereocenters. The van der Waals surface area contributed by atoms with Crippen LogP contribution in [0.4, 0.5) is 0 Å². The Balaban J connectivity index is 0.00000121. The largest absolute Gasteiger partial charge is 0.401 e. The van der Waals surface area contributed by atoms with Crippen molar-refractivity contribution >= 4 is 5.57 Å². The van der Waals surface area contributed by atoms with Crippen molar-refractivity contribution in [3.8, 4) is 0 Å². The zero-order chi connectivity index (χ0) is 13.4. The fourth-order valence-corrected chi connectivity index (χ4v) is 1.37. The molecule has 17 heavy (non-hydrogen) atoms. The Hall–Kier alpha value is -1.54. The maximum Gasteiger partial charge on any atom is 0.0692 e. The summed E-state index contributed by atoms with van der Waals surface area (Å²) in [6.45, 7) is 13.7. The van der Waals surface area contributed by atoms with Crippen LogP contribution in [0.15, 0.2) is 43.1 Å². The molecular weight excluding hydrogens is 208 g/mol. The fraction of sp³-hybridized carbons (Fsp3) is 0.333. The first kappa shape index (κ1) is 15.5. The molecule has 0 bridgehead atoms. The molecule has 1 unspecified atom stereocenters. The van der Waals surface area contributed by atoms with Gasteiger partial charge in [-0.3, -0.25) is 0 Å². The molecule has 0 spiro atoms. The summed E-state index contributed by atoms with van der Waals surface area (Å²) in [5.74, 6) is 0. The van der Waals surface area contributed by atoms with Crippen molar-refractivity contribution in [3.63, 3.8) is 0 Å². The van der Waals surface area contributed by atoms with Crippen LogP contribution in [0, 0.1) is 0 Å². The van der Waals surface area contributed by atoms with Crippen molar-refractivity contribution in [1.29, 1.82) is 0 Å². The van der Waals surface area contributed by atoms with Gasteiger partial charge in [-0.05, 0) is 29.2 Å². The Bertz CT molecular complexity index is 380. The summed E-state index contributed by atoms with van der Waals surface area (Å²) in [5, 5.41) is 0. The first-order valence-corrected chi connectivity index (χ1v) is 6.04. The van der Waals surface area contributed by atoms with E-state index in [4.69, 9.17) is 11.5 Å². The lowest BCUT2D eigenvalue weighted by molar-refractivity contribution is 0.836. The maximum absolute atomic E-state index is 5.89. The van der Waals surface area contributed by atoms with E-state index in [9.17, 15) is 0 Å². The number of hydrogen-bond donors (Lipinski definition) is 2. The molecule has 0 fully saturated rings. The minimum Gasteiger partial charge on any atom is -0.401 e. The van der Waals surface area contributed by atoms with Gasteiger partial charge in [0.05, 0.1) is 6.04 Å². The third-order valence-corrected chi connectivity index (χ3v) is 2.48. The van der Waals surface area contributed by atoms with Crippen LogP contribution in [0.2, 0.25) is 0 Å². The van der Waals surface area contributed by atoms with Gasteiger partial charge in [-0.1, -0.05) is 52.1 Å². The summed E-state index contributed by atoms with van der Waals surface area (Å²) in [5.41, 5.74) is 15.2. The predicted octanol–water partition coefficient (Wildman–Crippen LogP) is 3.61. The second-order valence-corrected chi connectivity index (χ2v) is 3.64. The van der Waals surface area contributed by atoms with Gasteiger partial charge < -0.3 is 11.5 Å². The molecule has 0 aliphatic carbocycles. The van der Waals surface area contributed by atoms with Gasteiger partial charge in [-0.15, -0.1) is 0 Å². The number of nitrogens with two attached hydrogens (primary N) is 2. The molecule has 0 saturated carbocycles. The van der Waals surface area contributed by atoms with Crippen LogP contribution in [0.1, 0.15) is 44.4 Å². The smallest absolute Gasteiger partial charge is 0.0692 e. The summed E-state index contributed by atoms with van der Waals surface area (Å²) in [4.78, 5) is 0. The van der Waals surface area contributed by atoms with Gasteiger partial charge in [0.15, 0.2) is 0 Å². The number of allylic oxidation sites excluding steroid dienone is 1. The lowest BCUT2D eigenvalue weighted by Gasteiger charge is -2.13. The van der Waals surface area contributed by atoms with Crippen LogP contribution in [0.25, 0.3) is 5.57 Å². The van der Waals surface area contributed by atoms with Crippen molar-refractivity contribution in [3.05, 3.63) is 54.2 Å². The normalized spacial score (nSPS) is 11.1. The second-order valence-electron chi connectivity index (χ2n) is 3.64. The highest BCUT2D eigenvalue weighted by Gasteiger charge is 2.07. The predicted molar refractivity (Wildman–Crippen MR) is 77.4 cm³/mol. The highest BCUT2D eigenvalue weighted by atomic mass is 14.7. The third kappa shape index (κ3) is 4.45. The lowest BCUT2D eigenvalue weighted by Crippen LogP contribution is -2.17. The Morgan fingerprint density at radius 2 is 1.88 bits per heavy atom. The van der Waals surface area contributed by atoms with E-state index in [0.717, 1.165) is 23.1 Å². The van der Waals surface area contributed by atoms with E-state index in [-0.39, 0.29) is 6.04 Å². The molecule has 1 aromatic rings. The molecule has 4 N–H and O–H groups in total. The summed E-state index contributed by atoms with van der Waals surface area (Å²) >= 11 is 0. The zero-order valence-electron chi connectivity index (χ0n) is 11.2. The van der Waals surface area contributed by atoms with E-state index < -0.39 is 0 Å². The van der Waals surface area contributed by atoms with Gasteiger partial charge in [0.25, 0.3) is 0 Å². The molecule has 1 rings (SSSR count). The first-order chi connectivity index (χ1) is 8.06. The Morgan fingerprint density at radius 1 is 1.29 bits per heavy atom. The second kappa shape index (κ2) is 7.69. The van der Waals surface area contributed by atoms with E-state index in [2.05, 4.69) is 20.1 Å². The topological polar surface area (TPSA) is 52.0 Å². The Morgan fingerprint density at radius 3 is 2.35 bits per heavy atom. The highest BCUT2D eigenvalue weighted by molar-refractivity contribution is 5.63. The van der Waals surface area contributed by atoms with Crippen molar-refractivity contribution in [1.82, 2.24) is 0 Å². The molecule has 1 aromatic carbocycles. The zero-order valence-corrected chi connectivity index (χ0v) is 11.2. The molecule has 0 aromatic heterocycles. The summed E-state index contributed by atoms with van der Waals surface area (Å²) < 4.78 is 0. The number of rotatable bonds is 4. The van der Waals surface area contributed by atoms with Crippen molar-refractivity contribution in [2.24, 2.45) is 11.5 Å². The monoisotopic (exact) mass is 232 g/mol. The molecular formula is C15H24N2. The summed E-state index contributed by atoms with van der Waals surface area (Å²) in [6.07, 6.45) is 0.933. The molecule has 0 amide bonds. The Labute approximate surface area is 105 Å². The van der Waals surface area contributed by atoms with Crippen LogP contribution in [0.5, 0.6) is 0 Å². The molecule has 0 radical (unpaired) electrons. The SMILES string of the molecule is C=C(CC)c1cccc(C(N)C(=C)N)c1.CC. The molecule has 2 nitrogen and oxygen atoms in total. The quantitative estimate of drug-likeness (QED) is 0.833. The van der Waals surface area contributed by atoms with Gasteiger partial charge in [-0.2, -0.15) is 0 Å².